The lowest BCUT2D eigenvalue weighted by atomic mass is 9.76. The predicted octanol–water partition coefficient (Wildman–Crippen LogP) is 1.02. The molecule has 0 spiro atoms. The lowest BCUT2D eigenvalue weighted by molar-refractivity contribution is -0.159. The molecule has 0 aromatic heterocycles. The zero-order chi connectivity index (χ0) is 20.0. The van der Waals surface area contributed by atoms with Crippen molar-refractivity contribution in [1.82, 2.24) is 4.90 Å². The fraction of sp³-hybridized carbons (Fsp3) is 0.500. The van der Waals surface area contributed by atoms with E-state index in [0.29, 0.717) is 32.0 Å². The van der Waals surface area contributed by atoms with E-state index in [9.17, 15) is 14.7 Å². The Hall–Kier alpha value is -2.65. The molecule has 2 fully saturated rings. The van der Waals surface area contributed by atoms with Gasteiger partial charge >= 0.3 is 11.9 Å². The predicted molar refractivity (Wildman–Crippen MR) is 92.9 cm³/mol. The van der Waals surface area contributed by atoms with Crippen molar-refractivity contribution in [2.75, 3.05) is 33.4 Å². The van der Waals surface area contributed by atoms with Crippen LogP contribution in [0.5, 0.6) is 5.75 Å². The molecule has 0 unspecified atom stereocenters. The molecule has 148 valence electrons. The number of methoxy groups -OCH3 is 1. The minimum atomic E-state index is -0.996. The summed E-state index contributed by atoms with van der Waals surface area (Å²) in [6.45, 7) is 2.08. The number of aromatic carboxylic acids is 1. The zero-order valence-corrected chi connectivity index (χ0v) is 15.0. The topological polar surface area (TPSA) is 134 Å². The molecule has 3 N–H and O–H groups in total. The Bertz CT molecular complexity index is 707. The highest BCUT2D eigenvalue weighted by Crippen LogP contribution is 2.42. The van der Waals surface area contributed by atoms with Gasteiger partial charge in [0.1, 0.15) is 11.2 Å². The van der Waals surface area contributed by atoms with Gasteiger partial charge in [-0.2, -0.15) is 0 Å². The van der Waals surface area contributed by atoms with E-state index in [0.717, 1.165) is 12.0 Å². The summed E-state index contributed by atoms with van der Waals surface area (Å²) in [5.41, 5.74) is 0.0757. The maximum atomic E-state index is 11.8. The summed E-state index contributed by atoms with van der Waals surface area (Å²) in [4.78, 5) is 33.4. The first-order chi connectivity index (χ1) is 12.9. The van der Waals surface area contributed by atoms with Gasteiger partial charge in [-0.15, -0.1) is 0 Å². The third-order valence-electron chi connectivity index (χ3n) is 5.08. The van der Waals surface area contributed by atoms with E-state index in [1.165, 1.54) is 13.2 Å². The van der Waals surface area contributed by atoms with Crippen molar-refractivity contribution in [3.8, 4) is 5.75 Å². The average Bonchev–Trinajstić information content (AvgIpc) is 3.01. The van der Waals surface area contributed by atoms with E-state index < -0.39 is 17.4 Å². The number of carboxylic acid groups (broad SMARTS) is 3. The summed E-state index contributed by atoms with van der Waals surface area (Å²) < 4.78 is 10.8. The summed E-state index contributed by atoms with van der Waals surface area (Å²) in [5.74, 6) is -1.15. The van der Waals surface area contributed by atoms with Gasteiger partial charge in [0.15, 0.2) is 0 Å². The molecule has 9 nitrogen and oxygen atoms in total. The number of fused-ring (bicyclic) bond motifs is 1. The van der Waals surface area contributed by atoms with Crippen LogP contribution in [0.15, 0.2) is 18.2 Å². The Labute approximate surface area is 156 Å². The second-order valence-electron chi connectivity index (χ2n) is 6.61. The van der Waals surface area contributed by atoms with Gasteiger partial charge in [-0.3, -0.25) is 14.5 Å². The quantitative estimate of drug-likeness (QED) is 0.639. The van der Waals surface area contributed by atoms with Gasteiger partial charge in [-0.25, -0.2) is 4.79 Å². The second kappa shape index (κ2) is 8.83. The van der Waals surface area contributed by atoms with Gasteiger partial charge in [0, 0.05) is 31.8 Å². The summed E-state index contributed by atoms with van der Waals surface area (Å²) in [6, 6.07) is 4.73. The van der Waals surface area contributed by atoms with E-state index in [1.807, 2.05) is 0 Å². The zero-order valence-electron chi connectivity index (χ0n) is 15.0. The lowest BCUT2D eigenvalue weighted by Gasteiger charge is -2.34. The van der Waals surface area contributed by atoms with Crippen LogP contribution < -0.4 is 4.74 Å². The minimum Gasteiger partial charge on any atom is -0.496 e. The maximum absolute atomic E-state index is 11.8. The molecule has 2 atom stereocenters. The van der Waals surface area contributed by atoms with Gasteiger partial charge in [-0.05, 0) is 30.5 Å². The van der Waals surface area contributed by atoms with E-state index in [4.69, 9.17) is 24.5 Å². The van der Waals surface area contributed by atoms with Crippen LogP contribution in [0.1, 0.15) is 22.3 Å². The Kier molecular flexibility index (Phi) is 6.75. The van der Waals surface area contributed by atoms with Gasteiger partial charge in [-0.1, -0.05) is 0 Å². The molecule has 1 aromatic rings. The van der Waals surface area contributed by atoms with Crippen molar-refractivity contribution in [3.63, 3.8) is 0 Å². The first-order valence-corrected chi connectivity index (χ1v) is 8.39. The highest BCUT2D eigenvalue weighted by atomic mass is 16.5. The Balaban J connectivity index is 0.000000817. The molecule has 0 aliphatic carbocycles. The van der Waals surface area contributed by atoms with Crippen LogP contribution in [0, 0.1) is 11.3 Å². The van der Waals surface area contributed by atoms with Crippen LogP contribution in [-0.2, 0) is 20.9 Å². The van der Waals surface area contributed by atoms with Crippen LogP contribution in [0.25, 0.3) is 0 Å². The minimum absolute atomic E-state index is 0.0531. The number of benzene rings is 1. The van der Waals surface area contributed by atoms with Crippen LogP contribution in [-0.4, -0.2) is 72.0 Å². The Morgan fingerprint density at radius 3 is 2.67 bits per heavy atom. The average molecular weight is 381 g/mol. The summed E-state index contributed by atoms with van der Waals surface area (Å²) in [7, 11) is 1.54. The highest BCUT2D eigenvalue weighted by Gasteiger charge is 2.54. The molecule has 27 heavy (non-hydrogen) atoms. The molecular formula is C18H23NO8. The van der Waals surface area contributed by atoms with Crippen LogP contribution in [0.2, 0.25) is 0 Å². The van der Waals surface area contributed by atoms with Gasteiger partial charge in [0.05, 0.1) is 19.3 Å². The van der Waals surface area contributed by atoms with Gasteiger partial charge in [0.25, 0.3) is 6.47 Å². The molecule has 2 saturated heterocycles. The molecule has 0 radical (unpaired) electrons. The molecule has 1 aromatic carbocycles. The molecule has 0 bridgehead atoms. The number of carbonyl (C=O) groups is 3. The van der Waals surface area contributed by atoms with Crippen LogP contribution in [0.4, 0.5) is 0 Å². The monoisotopic (exact) mass is 381 g/mol. The molecule has 2 aliphatic heterocycles. The standard InChI is InChI=1S/C17H21NO6.CH2O2/c1-23-14-3-2-11(15(19)20)6-12(14)7-18-8-13-4-5-24-10-17(13,9-18)16(21)22;2-1-3/h2-3,6,13H,4-5,7-10H2,1H3,(H,19,20)(H,21,22);1H,(H,2,3)/t13-,17+;/m0./s1. The fourth-order valence-electron chi connectivity index (χ4n) is 3.79. The summed E-state index contributed by atoms with van der Waals surface area (Å²) in [5, 5.41) is 25.7. The van der Waals surface area contributed by atoms with Crippen molar-refractivity contribution < 1.29 is 39.2 Å². The van der Waals surface area contributed by atoms with Crippen LogP contribution in [0.3, 0.4) is 0 Å². The lowest BCUT2D eigenvalue weighted by Crippen LogP contribution is -2.46. The molecule has 0 amide bonds. The van der Waals surface area contributed by atoms with Crippen molar-refractivity contribution >= 4 is 18.4 Å². The Morgan fingerprint density at radius 2 is 2.11 bits per heavy atom. The summed E-state index contributed by atoms with van der Waals surface area (Å²) in [6.07, 6.45) is 0.731. The molecule has 3 rings (SSSR count). The second-order valence-corrected chi connectivity index (χ2v) is 6.61. The third-order valence-corrected chi connectivity index (χ3v) is 5.08. The van der Waals surface area contributed by atoms with Crippen molar-refractivity contribution in [3.05, 3.63) is 29.3 Å². The number of nitrogens with zero attached hydrogens (tertiary/aromatic N) is 1. The number of hydrogen-bond acceptors (Lipinski definition) is 6. The van der Waals surface area contributed by atoms with Crippen molar-refractivity contribution in [2.24, 2.45) is 11.3 Å². The van der Waals surface area contributed by atoms with Crippen molar-refractivity contribution in [1.29, 1.82) is 0 Å². The highest BCUT2D eigenvalue weighted by molar-refractivity contribution is 5.88. The smallest absolute Gasteiger partial charge is 0.335 e. The van der Waals surface area contributed by atoms with Gasteiger partial charge in [0.2, 0.25) is 0 Å². The number of likely N-dealkylation sites (tertiary alicyclic amines) is 1. The van der Waals surface area contributed by atoms with Crippen LogP contribution >= 0.6 is 0 Å². The number of ether oxygens (including phenoxy) is 2. The molecule has 2 aliphatic rings. The first kappa shape index (κ1) is 20.7. The first-order valence-electron chi connectivity index (χ1n) is 8.39. The molecule has 0 saturated carbocycles. The molecular weight excluding hydrogens is 358 g/mol. The number of rotatable bonds is 5. The van der Waals surface area contributed by atoms with E-state index in [1.54, 1.807) is 12.1 Å². The van der Waals surface area contributed by atoms with Crippen molar-refractivity contribution in [2.45, 2.75) is 13.0 Å². The normalized spacial score (nSPS) is 24.3. The number of carboxylic acids is 2. The van der Waals surface area contributed by atoms with E-state index in [-0.39, 0.29) is 24.6 Å². The summed E-state index contributed by atoms with van der Waals surface area (Å²) >= 11 is 0. The SMILES string of the molecule is COc1ccc(C(=O)O)cc1CN1C[C@@H]2CCOC[C@]2(C(=O)O)C1.O=CO. The Morgan fingerprint density at radius 1 is 1.41 bits per heavy atom. The third kappa shape index (κ3) is 4.37. The molecule has 2 heterocycles. The molecule has 9 heteroatoms. The van der Waals surface area contributed by atoms with E-state index >= 15 is 0 Å². The fourth-order valence-corrected chi connectivity index (χ4v) is 3.79. The van der Waals surface area contributed by atoms with E-state index in [2.05, 4.69) is 4.90 Å². The number of aliphatic carboxylic acids is 1. The number of hydrogen-bond donors (Lipinski definition) is 3. The largest absolute Gasteiger partial charge is 0.496 e. The maximum Gasteiger partial charge on any atom is 0.335 e. The van der Waals surface area contributed by atoms with Gasteiger partial charge < -0.3 is 24.8 Å².